The summed E-state index contributed by atoms with van der Waals surface area (Å²) in [5.74, 6) is 0. The first kappa shape index (κ1) is 13.5. The number of halogens is 2. The van der Waals surface area contributed by atoms with Crippen molar-refractivity contribution in [1.29, 1.82) is 5.26 Å². The first-order valence-electron chi connectivity index (χ1n) is 5.21. The monoisotopic (exact) mass is 379 g/mol. The van der Waals surface area contributed by atoms with Crippen LogP contribution in [0.2, 0.25) is 0 Å². The minimum absolute atomic E-state index is 0.540. The fourth-order valence-electron chi connectivity index (χ4n) is 1.95. The van der Waals surface area contributed by atoms with Crippen LogP contribution in [0.15, 0.2) is 14.3 Å². The van der Waals surface area contributed by atoms with Crippen molar-refractivity contribution in [3.63, 3.8) is 0 Å². The van der Waals surface area contributed by atoms with E-state index >= 15 is 0 Å². The van der Waals surface area contributed by atoms with Crippen LogP contribution in [0.3, 0.4) is 0 Å². The normalized spacial score (nSPS) is 20.8. The van der Waals surface area contributed by atoms with Gasteiger partial charge in [-0.1, -0.05) is 0 Å². The van der Waals surface area contributed by atoms with Gasteiger partial charge in [-0.25, -0.2) is 0 Å². The van der Waals surface area contributed by atoms with Gasteiger partial charge in [0.05, 0.1) is 15.3 Å². The average Bonchev–Trinajstić information content (AvgIpc) is 2.69. The Morgan fingerprint density at radius 1 is 1.47 bits per heavy atom. The third-order valence-corrected chi connectivity index (χ3v) is 6.37. The number of aliphatic hydroxyl groups is 1. The molecule has 1 fully saturated rings. The molecule has 1 N–H and O–H groups in total. The molecule has 6 heteroatoms. The van der Waals surface area contributed by atoms with Crippen LogP contribution in [-0.2, 0) is 4.74 Å². The zero-order valence-electron chi connectivity index (χ0n) is 8.95. The molecule has 0 aromatic carbocycles. The second kappa shape index (κ2) is 5.37. The molecule has 2 rings (SSSR count). The lowest BCUT2D eigenvalue weighted by Gasteiger charge is -2.34. The smallest absolute Gasteiger partial charge is 0.107 e. The zero-order valence-corrected chi connectivity index (χ0v) is 12.9. The summed E-state index contributed by atoms with van der Waals surface area (Å²) in [5, 5.41) is 19.8. The fraction of sp³-hybridized carbons (Fsp3) is 0.545. The predicted molar refractivity (Wildman–Crippen MR) is 72.8 cm³/mol. The summed E-state index contributed by atoms with van der Waals surface area (Å²) in [4.78, 5) is 0.812. The third kappa shape index (κ3) is 2.59. The van der Waals surface area contributed by atoms with Crippen LogP contribution in [0.4, 0.5) is 0 Å². The van der Waals surface area contributed by atoms with E-state index in [4.69, 9.17) is 4.74 Å². The molecule has 92 valence electrons. The number of rotatable bonds is 2. The van der Waals surface area contributed by atoms with Gasteiger partial charge in [0, 0.05) is 22.6 Å². The van der Waals surface area contributed by atoms with Gasteiger partial charge in [-0.05, 0) is 50.8 Å². The Morgan fingerprint density at radius 2 is 2.12 bits per heavy atom. The molecule has 1 aromatic rings. The summed E-state index contributed by atoms with van der Waals surface area (Å²) in [7, 11) is 0. The third-order valence-electron chi connectivity index (χ3n) is 3.06. The van der Waals surface area contributed by atoms with E-state index in [9.17, 15) is 10.4 Å². The van der Waals surface area contributed by atoms with Crippen molar-refractivity contribution in [3.8, 4) is 6.07 Å². The van der Waals surface area contributed by atoms with E-state index in [1.54, 1.807) is 0 Å². The second-order valence-electron chi connectivity index (χ2n) is 4.05. The first-order chi connectivity index (χ1) is 8.09. The topological polar surface area (TPSA) is 53.2 Å². The van der Waals surface area contributed by atoms with E-state index in [0.29, 0.717) is 26.1 Å². The molecule has 17 heavy (non-hydrogen) atoms. The molecular formula is C11H11Br2NO2S. The molecule has 3 nitrogen and oxygen atoms in total. The quantitative estimate of drug-likeness (QED) is 0.852. The Bertz CT molecular complexity index is 429. The van der Waals surface area contributed by atoms with Crippen molar-refractivity contribution in [3.05, 3.63) is 19.2 Å². The molecule has 0 saturated carbocycles. The number of aliphatic hydroxyl groups excluding tert-OH is 1. The van der Waals surface area contributed by atoms with E-state index < -0.39 is 11.5 Å². The van der Waals surface area contributed by atoms with Gasteiger partial charge >= 0.3 is 0 Å². The molecular weight excluding hydrogens is 370 g/mol. The van der Waals surface area contributed by atoms with E-state index in [2.05, 4.69) is 37.9 Å². The molecule has 0 bridgehead atoms. The average molecular weight is 381 g/mol. The van der Waals surface area contributed by atoms with Crippen LogP contribution in [0.5, 0.6) is 0 Å². The molecule has 1 aromatic heterocycles. The molecule has 1 atom stereocenters. The highest BCUT2D eigenvalue weighted by Crippen LogP contribution is 2.46. The number of nitriles is 1. The Labute approximate surface area is 121 Å². The maximum Gasteiger partial charge on any atom is 0.107 e. The molecule has 1 saturated heterocycles. The summed E-state index contributed by atoms with van der Waals surface area (Å²) in [5.41, 5.74) is -0.706. The number of ether oxygens (including phenoxy) is 1. The lowest BCUT2D eigenvalue weighted by molar-refractivity contribution is -0.0296. The maximum absolute atomic E-state index is 10.4. The van der Waals surface area contributed by atoms with Crippen molar-refractivity contribution in [1.82, 2.24) is 0 Å². The van der Waals surface area contributed by atoms with Crippen LogP contribution in [-0.4, -0.2) is 18.3 Å². The van der Waals surface area contributed by atoms with Crippen molar-refractivity contribution in [2.24, 2.45) is 5.41 Å². The Kier molecular flexibility index (Phi) is 4.26. The van der Waals surface area contributed by atoms with Gasteiger partial charge in [-0.3, -0.25) is 0 Å². The fourth-order valence-corrected chi connectivity index (χ4v) is 4.15. The molecule has 0 radical (unpaired) electrons. The van der Waals surface area contributed by atoms with Gasteiger partial charge in [0.15, 0.2) is 0 Å². The van der Waals surface area contributed by atoms with Crippen molar-refractivity contribution < 1.29 is 9.84 Å². The molecule has 0 amide bonds. The highest BCUT2D eigenvalue weighted by molar-refractivity contribution is 9.13. The summed E-state index contributed by atoms with van der Waals surface area (Å²) in [6.07, 6.45) is 0.416. The zero-order chi connectivity index (χ0) is 12.5. The van der Waals surface area contributed by atoms with Crippen molar-refractivity contribution in [2.75, 3.05) is 13.2 Å². The molecule has 2 heterocycles. The van der Waals surface area contributed by atoms with Crippen LogP contribution in [0.1, 0.15) is 23.8 Å². The predicted octanol–water partition coefficient (Wildman–Crippen LogP) is 3.63. The Balaban J connectivity index is 2.28. The number of hydrogen-bond donors (Lipinski definition) is 1. The lowest BCUT2D eigenvalue weighted by Crippen LogP contribution is -2.33. The SMILES string of the molecule is N#CC1(C(O)c2cc(Br)c(Br)s2)CCOCC1. The lowest BCUT2D eigenvalue weighted by atomic mass is 9.76. The standard InChI is InChI=1S/C11H11Br2NO2S/c12-7-5-8(17-10(7)13)9(15)11(6-14)1-3-16-4-2-11/h5,9,15H,1-4H2. The van der Waals surface area contributed by atoms with Crippen LogP contribution < -0.4 is 0 Å². The minimum Gasteiger partial charge on any atom is -0.386 e. The molecule has 1 unspecified atom stereocenters. The summed E-state index contributed by atoms with van der Waals surface area (Å²) in [6.45, 7) is 1.08. The van der Waals surface area contributed by atoms with Gasteiger partial charge in [-0.15, -0.1) is 11.3 Å². The van der Waals surface area contributed by atoms with Gasteiger partial charge in [0.2, 0.25) is 0 Å². The summed E-state index contributed by atoms with van der Waals surface area (Å²) >= 11 is 8.25. The number of thiophene rings is 1. The Hall–Kier alpha value is 0.0700. The van der Waals surface area contributed by atoms with Gasteiger partial charge in [-0.2, -0.15) is 5.26 Å². The van der Waals surface area contributed by atoms with Crippen LogP contribution >= 0.6 is 43.2 Å². The number of nitrogens with zero attached hydrogens (tertiary/aromatic N) is 1. The summed E-state index contributed by atoms with van der Waals surface area (Å²) < 4.78 is 7.11. The molecule has 0 spiro atoms. The van der Waals surface area contributed by atoms with Crippen LogP contribution in [0, 0.1) is 16.7 Å². The van der Waals surface area contributed by atoms with E-state index in [1.165, 1.54) is 11.3 Å². The van der Waals surface area contributed by atoms with E-state index in [1.807, 2.05) is 6.07 Å². The summed E-state index contributed by atoms with van der Waals surface area (Å²) in [6, 6.07) is 4.16. The first-order valence-corrected chi connectivity index (χ1v) is 7.61. The molecule has 1 aliphatic rings. The van der Waals surface area contributed by atoms with Gasteiger partial charge in [0.25, 0.3) is 0 Å². The van der Waals surface area contributed by atoms with E-state index in [0.717, 1.165) is 13.1 Å². The molecule has 0 aliphatic carbocycles. The van der Waals surface area contributed by atoms with Gasteiger partial charge < -0.3 is 9.84 Å². The minimum atomic E-state index is -0.746. The van der Waals surface area contributed by atoms with Crippen molar-refractivity contribution in [2.45, 2.75) is 18.9 Å². The van der Waals surface area contributed by atoms with Crippen LogP contribution in [0.25, 0.3) is 0 Å². The van der Waals surface area contributed by atoms with E-state index in [-0.39, 0.29) is 0 Å². The highest BCUT2D eigenvalue weighted by atomic mass is 79.9. The Morgan fingerprint density at radius 3 is 2.59 bits per heavy atom. The van der Waals surface area contributed by atoms with Gasteiger partial charge in [0.1, 0.15) is 6.10 Å². The number of hydrogen-bond acceptors (Lipinski definition) is 4. The highest BCUT2D eigenvalue weighted by Gasteiger charge is 2.41. The largest absolute Gasteiger partial charge is 0.386 e. The second-order valence-corrected chi connectivity index (χ2v) is 7.31. The van der Waals surface area contributed by atoms with Crippen molar-refractivity contribution >= 4 is 43.2 Å². The molecule has 1 aliphatic heterocycles. The maximum atomic E-state index is 10.4.